The molecule has 26 heavy (non-hydrogen) atoms. The number of hydrogen-bond acceptors (Lipinski definition) is 5. The van der Waals surface area contributed by atoms with Crippen molar-refractivity contribution in [3.8, 4) is 0 Å². The second-order valence-electron chi connectivity index (χ2n) is 6.76. The molecule has 2 heterocycles. The van der Waals surface area contributed by atoms with E-state index in [1.165, 1.54) is 6.07 Å². The van der Waals surface area contributed by atoms with Crippen molar-refractivity contribution >= 4 is 17.5 Å². The van der Waals surface area contributed by atoms with Crippen molar-refractivity contribution in [3.05, 3.63) is 39.4 Å². The molecule has 8 heteroatoms. The van der Waals surface area contributed by atoms with Gasteiger partial charge in [-0.15, -0.1) is 0 Å². The molecule has 2 fully saturated rings. The minimum Gasteiger partial charge on any atom is -0.378 e. The highest BCUT2D eigenvalue weighted by Gasteiger charge is 2.31. The van der Waals surface area contributed by atoms with E-state index in [4.69, 9.17) is 4.74 Å². The smallest absolute Gasteiger partial charge is 0.273 e. The highest BCUT2D eigenvalue weighted by molar-refractivity contribution is 5.95. The molecule has 2 amide bonds. The van der Waals surface area contributed by atoms with Gasteiger partial charge < -0.3 is 14.5 Å². The zero-order valence-electron chi connectivity index (χ0n) is 14.8. The lowest BCUT2D eigenvalue weighted by Crippen LogP contribution is -2.47. The van der Waals surface area contributed by atoms with Crippen LogP contribution in [-0.4, -0.2) is 65.9 Å². The Morgan fingerprint density at radius 2 is 1.77 bits per heavy atom. The molecule has 0 aromatic heterocycles. The molecule has 1 aromatic carbocycles. The number of amides is 2. The van der Waals surface area contributed by atoms with E-state index >= 15 is 0 Å². The van der Waals surface area contributed by atoms with E-state index in [0.717, 1.165) is 0 Å². The Hall–Kier alpha value is -2.48. The zero-order chi connectivity index (χ0) is 18.7. The zero-order valence-corrected chi connectivity index (χ0v) is 14.8. The summed E-state index contributed by atoms with van der Waals surface area (Å²) < 4.78 is 5.27. The van der Waals surface area contributed by atoms with Gasteiger partial charge in [-0.05, 0) is 25.8 Å². The van der Waals surface area contributed by atoms with E-state index in [-0.39, 0.29) is 23.4 Å². The number of carbonyl (C=O) groups is 2. The lowest BCUT2D eigenvalue weighted by molar-refractivity contribution is -0.385. The minimum atomic E-state index is -0.473. The maximum absolute atomic E-state index is 12.7. The van der Waals surface area contributed by atoms with Crippen LogP contribution in [0.2, 0.25) is 0 Å². The lowest BCUT2D eigenvalue weighted by Gasteiger charge is -2.35. The van der Waals surface area contributed by atoms with Gasteiger partial charge in [-0.3, -0.25) is 19.7 Å². The minimum absolute atomic E-state index is 0.0479. The Labute approximate surface area is 151 Å². The first-order valence-electron chi connectivity index (χ1n) is 8.88. The fourth-order valence-corrected chi connectivity index (χ4v) is 3.49. The van der Waals surface area contributed by atoms with Gasteiger partial charge in [-0.2, -0.15) is 0 Å². The summed E-state index contributed by atoms with van der Waals surface area (Å²) in [6.07, 6.45) is 1.24. The van der Waals surface area contributed by atoms with Crippen LogP contribution in [0, 0.1) is 23.0 Å². The largest absolute Gasteiger partial charge is 0.378 e. The van der Waals surface area contributed by atoms with Gasteiger partial charge in [0.05, 0.1) is 18.1 Å². The molecule has 2 saturated heterocycles. The third kappa shape index (κ3) is 3.85. The van der Waals surface area contributed by atoms with Crippen LogP contribution in [0.25, 0.3) is 0 Å². The van der Waals surface area contributed by atoms with Crippen LogP contribution >= 0.6 is 0 Å². The van der Waals surface area contributed by atoms with Crippen LogP contribution in [-0.2, 0) is 9.53 Å². The number of benzene rings is 1. The Bertz CT molecular complexity index is 707. The quantitative estimate of drug-likeness (QED) is 0.602. The van der Waals surface area contributed by atoms with Crippen LogP contribution in [0.1, 0.15) is 28.8 Å². The maximum Gasteiger partial charge on any atom is 0.273 e. The molecule has 0 bridgehead atoms. The Morgan fingerprint density at radius 1 is 1.12 bits per heavy atom. The highest BCUT2D eigenvalue weighted by Crippen LogP contribution is 2.24. The topological polar surface area (TPSA) is 93.0 Å². The maximum atomic E-state index is 12.7. The first kappa shape index (κ1) is 18.3. The van der Waals surface area contributed by atoms with Crippen molar-refractivity contribution in [2.24, 2.45) is 5.92 Å². The van der Waals surface area contributed by atoms with Gasteiger partial charge in [0.2, 0.25) is 5.91 Å². The molecule has 0 atom stereocenters. The molecule has 0 radical (unpaired) electrons. The Morgan fingerprint density at radius 3 is 2.38 bits per heavy atom. The standard InChI is InChI=1S/C18H23N3O5/c1-13-2-3-15(12-16(13)21(24)25)18(23)19-6-4-14(5-7-19)17(22)20-8-10-26-11-9-20/h2-3,12,14H,4-11H2,1H3. The van der Waals surface area contributed by atoms with Crippen molar-refractivity contribution in [1.82, 2.24) is 9.80 Å². The summed E-state index contributed by atoms with van der Waals surface area (Å²) in [6.45, 7) is 5.04. The number of likely N-dealkylation sites (tertiary alicyclic amines) is 1. The van der Waals surface area contributed by atoms with Gasteiger partial charge in [0.25, 0.3) is 11.6 Å². The van der Waals surface area contributed by atoms with Gasteiger partial charge in [0.15, 0.2) is 0 Å². The van der Waals surface area contributed by atoms with E-state index in [1.54, 1.807) is 24.0 Å². The predicted octanol–water partition coefficient (Wildman–Crippen LogP) is 1.61. The molecular weight excluding hydrogens is 338 g/mol. The average molecular weight is 361 g/mol. The van der Waals surface area contributed by atoms with E-state index in [1.807, 2.05) is 4.90 Å². The third-order valence-corrected chi connectivity index (χ3v) is 5.11. The average Bonchev–Trinajstić information content (AvgIpc) is 2.68. The number of carbonyl (C=O) groups excluding carboxylic acids is 2. The molecular formula is C18H23N3O5. The SMILES string of the molecule is Cc1ccc(C(=O)N2CCC(C(=O)N3CCOCC3)CC2)cc1[N+](=O)[O-]. The van der Waals surface area contributed by atoms with Crippen LogP contribution in [0.3, 0.4) is 0 Å². The van der Waals surface area contributed by atoms with Crippen LogP contribution < -0.4 is 0 Å². The first-order valence-corrected chi connectivity index (χ1v) is 8.88. The number of morpholine rings is 1. The second kappa shape index (κ2) is 7.82. The second-order valence-corrected chi connectivity index (χ2v) is 6.76. The molecule has 0 spiro atoms. The van der Waals surface area contributed by atoms with Crippen LogP contribution in [0.5, 0.6) is 0 Å². The van der Waals surface area contributed by atoms with Gasteiger partial charge >= 0.3 is 0 Å². The van der Waals surface area contributed by atoms with Crippen LogP contribution in [0.4, 0.5) is 5.69 Å². The number of nitrogens with zero attached hydrogens (tertiary/aromatic N) is 3. The fourth-order valence-electron chi connectivity index (χ4n) is 3.49. The summed E-state index contributed by atoms with van der Waals surface area (Å²) in [6, 6.07) is 4.55. The summed E-state index contributed by atoms with van der Waals surface area (Å²) in [5.74, 6) is -0.138. The van der Waals surface area contributed by atoms with Gasteiger partial charge in [0.1, 0.15) is 0 Å². The molecule has 2 aliphatic rings. The number of hydrogen-bond donors (Lipinski definition) is 0. The van der Waals surface area contributed by atoms with Crippen LogP contribution in [0.15, 0.2) is 18.2 Å². The van der Waals surface area contributed by atoms with Gasteiger partial charge in [-0.1, -0.05) is 6.07 Å². The normalized spacial score (nSPS) is 18.7. The monoisotopic (exact) mass is 361 g/mol. The Balaban J connectivity index is 1.61. The molecule has 0 saturated carbocycles. The molecule has 3 rings (SSSR count). The van der Waals surface area contributed by atoms with E-state index in [9.17, 15) is 19.7 Å². The van der Waals surface area contributed by atoms with Crippen molar-refractivity contribution in [2.75, 3.05) is 39.4 Å². The highest BCUT2D eigenvalue weighted by atomic mass is 16.6. The van der Waals surface area contributed by atoms with Crippen molar-refractivity contribution in [3.63, 3.8) is 0 Å². The third-order valence-electron chi connectivity index (χ3n) is 5.11. The molecule has 140 valence electrons. The van der Waals surface area contributed by atoms with Gasteiger partial charge in [0, 0.05) is 49.3 Å². The molecule has 1 aromatic rings. The summed E-state index contributed by atoms with van der Waals surface area (Å²) in [5.41, 5.74) is 0.801. The van der Waals surface area contributed by atoms with Crippen molar-refractivity contribution in [2.45, 2.75) is 19.8 Å². The summed E-state index contributed by atoms with van der Waals surface area (Å²) >= 11 is 0. The molecule has 2 aliphatic heterocycles. The number of rotatable bonds is 3. The molecule has 0 N–H and O–H groups in total. The van der Waals surface area contributed by atoms with Gasteiger partial charge in [-0.25, -0.2) is 0 Å². The van der Waals surface area contributed by atoms with Crippen molar-refractivity contribution in [1.29, 1.82) is 0 Å². The van der Waals surface area contributed by atoms with E-state index < -0.39 is 4.92 Å². The number of piperidine rings is 1. The predicted molar refractivity (Wildman–Crippen MR) is 93.9 cm³/mol. The lowest BCUT2D eigenvalue weighted by atomic mass is 9.94. The number of aryl methyl sites for hydroxylation is 1. The number of nitro benzene ring substituents is 1. The summed E-state index contributed by atoms with van der Waals surface area (Å²) in [5, 5.41) is 11.1. The summed E-state index contributed by atoms with van der Waals surface area (Å²) in [7, 11) is 0. The Kier molecular flexibility index (Phi) is 5.51. The van der Waals surface area contributed by atoms with Crippen molar-refractivity contribution < 1.29 is 19.2 Å². The number of ether oxygens (including phenoxy) is 1. The molecule has 0 unspecified atom stereocenters. The van der Waals surface area contributed by atoms with E-state index in [0.29, 0.717) is 63.4 Å². The summed E-state index contributed by atoms with van der Waals surface area (Å²) in [4.78, 5) is 39.3. The molecule has 8 nitrogen and oxygen atoms in total. The fraction of sp³-hybridized carbons (Fsp3) is 0.556. The van der Waals surface area contributed by atoms with E-state index in [2.05, 4.69) is 0 Å². The molecule has 0 aliphatic carbocycles. The number of nitro groups is 1. The first-order chi connectivity index (χ1) is 12.5.